The fourth-order valence-electron chi connectivity index (χ4n) is 1.58. The van der Waals surface area contributed by atoms with E-state index in [1.807, 2.05) is 13.8 Å². The normalized spacial score (nSPS) is 16.7. The second-order valence-electron chi connectivity index (χ2n) is 4.22. The molecule has 3 unspecified atom stereocenters. The minimum absolute atomic E-state index is 0.0233. The fourth-order valence-corrected chi connectivity index (χ4v) is 2.18. The number of aryl methyl sites for hydroxylation is 1. The summed E-state index contributed by atoms with van der Waals surface area (Å²) in [5, 5.41) is 3.81. The van der Waals surface area contributed by atoms with Crippen LogP contribution in [0.2, 0.25) is 0 Å². The van der Waals surface area contributed by atoms with Gasteiger partial charge in [-0.1, -0.05) is 30.1 Å². The zero-order chi connectivity index (χ0) is 12.8. The van der Waals surface area contributed by atoms with Crippen molar-refractivity contribution in [3.8, 4) is 0 Å². The number of rotatable bonds is 7. The van der Waals surface area contributed by atoms with E-state index in [1.165, 1.54) is 0 Å². The zero-order valence-corrected chi connectivity index (χ0v) is 10.9. The Morgan fingerprint density at radius 3 is 2.88 bits per heavy atom. The van der Waals surface area contributed by atoms with Gasteiger partial charge >= 0.3 is 0 Å². The number of nitrogens with zero attached hydrogens (tertiary/aromatic N) is 2. The van der Waals surface area contributed by atoms with Crippen molar-refractivity contribution in [2.24, 2.45) is 11.7 Å². The monoisotopic (exact) mass is 260 g/mol. The van der Waals surface area contributed by atoms with Crippen LogP contribution in [0.15, 0.2) is 4.52 Å². The highest BCUT2D eigenvalue weighted by Crippen LogP contribution is 2.18. The van der Waals surface area contributed by atoms with Gasteiger partial charge in [0.2, 0.25) is 5.89 Å². The first kappa shape index (κ1) is 14.3. The Morgan fingerprint density at radius 2 is 2.29 bits per heavy atom. The van der Waals surface area contributed by atoms with E-state index in [0.29, 0.717) is 18.1 Å². The number of aromatic nitrogens is 2. The predicted octanol–water partition coefficient (Wildman–Crippen LogP) is 0.927. The van der Waals surface area contributed by atoms with Crippen molar-refractivity contribution >= 4 is 11.1 Å². The lowest BCUT2D eigenvalue weighted by molar-refractivity contribution is 0.332. The topological polar surface area (TPSA) is 105 Å². The largest absolute Gasteiger partial charge is 0.772 e. The van der Waals surface area contributed by atoms with Gasteiger partial charge in [0, 0.05) is 12.2 Å². The molecule has 98 valence electrons. The van der Waals surface area contributed by atoms with Gasteiger partial charge in [-0.05, 0) is 18.8 Å². The molecule has 0 amide bonds. The lowest BCUT2D eigenvalue weighted by Crippen LogP contribution is -2.18. The highest BCUT2D eigenvalue weighted by Gasteiger charge is 2.17. The van der Waals surface area contributed by atoms with Gasteiger partial charge in [0.1, 0.15) is 0 Å². The molecule has 0 aliphatic heterocycles. The molecule has 1 rings (SSSR count). The molecule has 1 aromatic rings. The lowest BCUT2D eigenvalue weighted by atomic mass is 10.0. The van der Waals surface area contributed by atoms with Crippen LogP contribution >= 0.6 is 0 Å². The smallest absolute Gasteiger partial charge is 0.243 e. The summed E-state index contributed by atoms with van der Waals surface area (Å²) in [4.78, 5) is 4.18. The van der Waals surface area contributed by atoms with Crippen LogP contribution in [0, 0.1) is 5.92 Å². The molecule has 0 radical (unpaired) electrons. The molecule has 6 nitrogen and oxygen atoms in total. The second kappa shape index (κ2) is 6.83. The van der Waals surface area contributed by atoms with Crippen molar-refractivity contribution in [2.45, 2.75) is 39.2 Å². The molecule has 0 bridgehead atoms. The van der Waals surface area contributed by atoms with Crippen LogP contribution in [0.3, 0.4) is 0 Å². The standard InChI is InChI=1S/C10H19N3O3S/c1-3-4-9-12-10(16-13-9)8(11)5-7(2)6-17(14)15/h7-8H,3-6,11H2,1-2H3,(H,14,15)/p-1. The maximum absolute atomic E-state index is 10.5. The van der Waals surface area contributed by atoms with Crippen LogP contribution in [0.4, 0.5) is 0 Å². The van der Waals surface area contributed by atoms with Gasteiger partial charge in [0.05, 0.1) is 6.04 Å². The predicted molar refractivity (Wildman–Crippen MR) is 62.8 cm³/mol. The van der Waals surface area contributed by atoms with Crippen molar-refractivity contribution in [2.75, 3.05) is 5.75 Å². The van der Waals surface area contributed by atoms with Crippen LogP contribution in [-0.2, 0) is 17.5 Å². The quantitative estimate of drug-likeness (QED) is 0.731. The number of nitrogens with two attached hydrogens (primary N) is 1. The van der Waals surface area contributed by atoms with Crippen LogP contribution < -0.4 is 5.73 Å². The molecule has 0 fully saturated rings. The fraction of sp³-hybridized carbons (Fsp3) is 0.800. The second-order valence-corrected chi connectivity index (χ2v) is 5.16. The Kier molecular flexibility index (Phi) is 5.73. The molecular formula is C10H18N3O3S-. The Labute approximate surface area is 103 Å². The van der Waals surface area contributed by atoms with Crippen LogP contribution in [0.1, 0.15) is 44.4 Å². The summed E-state index contributed by atoms with van der Waals surface area (Å²) in [6, 6.07) is -0.397. The van der Waals surface area contributed by atoms with Gasteiger partial charge in [0.25, 0.3) is 0 Å². The van der Waals surface area contributed by atoms with Crippen molar-refractivity contribution in [1.29, 1.82) is 0 Å². The summed E-state index contributed by atoms with van der Waals surface area (Å²) in [6.45, 7) is 3.86. The zero-order valence-electron chi connectivity index (χ0n) is 10.1. The molecule has 7 heteroatoms. The SMILES string of the molecule is CCCc1noc(C(N)CC(C)CS(=O)[O-])n1. The Morgan fingerprint density at radius 1 is 1.59 bits per heavy atom. The summed E-state index contributed by atoms with van der Waals surface area (Å²) >= 11 is -2.04. The van der Waals surface area contributed by atoms with Gasteiger partial charge in [-0.25, -0.2) is 0 Å². The highest BCUT2D eigenvalue weighted by atomic mass is 32.2. The third kappa shape index (κ3) is 4.93. The van der Waals surface area contributed by atoms with Crippen LogP contribution in [-0.4, -0.2) is 24.7 Å². The molecule has 1 aromatic heterocycles. The van der Waals surface area contributed by atoms with Gasteiger partial charge in [-0.2, -0.15) is 4.98 Å². The molecule has 0 saturated heterocycles. The van der Waals surface area contributed by atoms with Gasteiger partial charge in [-0.3, -0.25) is 4.21 Å². The summed E-state index contributed by atoms with van der Waals surface area (Å²) in [7, 11) is 0. The van der Waals surface area contributed by atoms with E-state index < -0.39 is 17.1 Å². The molecule has 0 saturated carbocycles. The molecule has 0 aromatic carbocycles. The molecule has 17 heavy (non-hydrogen) atoms. The van der Waals surface area contributed by atoms with Gasteiger partial charge in [0.15, 0.2) is 5.82 Å². The van der Waals surface area contributed by atoms with E-state index in [4.69, 9.17) is 10.3 Å². The average Bonchev–Trinajstić information content (AvgIpc) is 2.65. The van der Waals surface area contributed by atoms with Gasteiger partial charge in [-0.15, -0.1) is 0 Å². The van der Waals surface area contributed by atoms with E-state index in [-0.39, 0.29) is 11.7 Å². The first-order valence-corrected chi connectivity index (χ1v) is 6.91. The van der Waals surface area contributed by atoms with E-state index in [0.717, 1.165) is 12.8 Å². The van der Waals surface area contributed by atoms with Crippen molar-refractivity contribution < 1.29 is 13.3 Å². The summed E-state index contributed by atoms with van der Waals surface area (Å²) in [5.74, 6) is 1.11. The molecule has 0 aliphatic rings. The molecule has 2 N–H and O–H groups in total. The molecule has 0 spiro atoms. The van der Waals surface area contributed by atoms with Crippen molar-refractivity contribution in [1.82, 2.24) is 10.1 Å². The minimum Gasteiger partial charge on any atom is -0.772 e. The van der Waals surface area contributed by atoms with Crippen LogP contribution in [0.5, 0.6) is 0 Å². The summed E-state index contributed by atoms with van der Waals surface area (Å²) < 4.78 is 26.1. The Balaban J connectivity index is 2.50. The van der Waals surface area contributed by atoms with E-state index in [9.17, 15) is 8.76 Å². The van der Waals surface area contributed by atoms with Crippen LogP contribution in [0.25, 0.3) is 0 Å². The minimum atomic E-state index is -2.04. The maximum atomic E-state index is 10.5. The summed E-state index contributed by atoms with van der Waals surface area (Å²) in [5.41, 5.74) is 5.88. The highest BCUT2D eigenvalue weighted by molar-refractivity contribution is 7.79. The molecule has 3 atom stereocenters. The van der Waals surface area contributed by atoms with Crippen molar-refractivity contribution in [3.05, 3.63) is 11.7 Å². The lowest BCUT2D eigenvalue weighted by Gasteiger charge is -2.15. The first-order chi connectivity index (χ1) is 8.02. The average molecular weight is 260 g/mol. The van der Waals surface area contributed by atoms with E-state index in [2.05, 4.69) is 10.1 Å². The van der Waals surface area contributed by atoms with Crippen molar-refractivity contribution in [3.63, 3.8) is 0 Å². The molecular weight excluding hydrogens is 242 g/mol. The number of hydrogen-bond acceptors (Lipinski definition) is 6. The van der Waals surface area contributed by atoms with E-state index >= 15 is 0 Å². The third-order valence-corrected chi connectivity index (χ3v) is 3.19. The number of hydrogen-bond donors (Lipinski definition) is 1. The third-order valence-electron chi connectivity index (χ3n) is 2.35. The Bertz CT molecular complexity index is 369. The van der Waals surface area contributed by atoms with E-state index in [1.54, 1.807) is 0 Å². The van der Waals surface area contributed by atoms with Gasteiger partial charge < -0.3 is 14.8 Å². The first-order valence-electron chi connectivity index (χ1n) is 5.66. The molecule has 0 aliphatic carbocycles. The summed E-state index contributed by atoms with van der Waals surface area (Å²) in [6.07, 6.45) is 2.22. The Hall–Kier alpha value is -0.790. The molecule has 1 heterocycles. The maximum Gasteiger partial charge on any atom is 0.243 e.